The van der Waals surface area contributed by atoms with Gasteiger partial charge in [0.2, 0.25) is 5.01 Å². The molecule has 1 nitrogen and oxygen atoms in total. The molecule has 0 aromatic carbocycles. The van der Waals surface area contributed by atoms with E-state index < -0.39 is 0 Å². The zero-order valence-corrected chi connectivity index (χ0v) is 15.1. The molecule has 0 fully saturated rings. The number of aromatic nitrogens is 1. The number of thiophene rings is 1. The molecular formula is C17H26NS2+. The highest BCUT2D eigenvalue weighted by Crippen LogP contribution is 2.28. The van der Waals surface area contributed by atoms with E-state index in [0.717, 1.165) is 6.54 Å². The average Bonchev–Trinajstić information content (AvgIpc) is 2.97. The summed E-state index contributed by atoms with van der Waals surface area (Å²) in [7, 11) is 0. The molecule has 3 heteroatoms. The molecule has 1 unspecified atom stereocenters. The van der Waals surface area contributed by atoms with Crippen molar-refractivity contribution in [3.8, 4) is 0 Å². The summed E-state index contributed by atoms with van der Waals surface area (Å²) in [6.07, 6.45) is 2.34. The minimum Gasteiger partial charge on any atom is -0.192 e. The fourth-order valence-electron chi connectivity index (χ4n) is 2.28. The van der Waals surface area contributed by atoms with Crippen LogP contribution in [-0.4, -0.2) is 0 Å². The van der Waals surface area contributed by atoms with Gasteiger partial charge in [-0.15, -0.1) is 11.3 Å². The van der Waals surface area contributed by atoms with Gasteiger partial charge in [-0.2, -0.15) is 4.57 Å². The SMILES string of the molecule is Cc1sc(C(C)C)c[n+]1CC(C)c1csc(C(C)C)c1. The van der Waals surface area contributed by atoms with Gasteiger partial charge in [0.25, 0.3) is 0 Å². The molecule has 0 N–H and O–H groups in total. The fraction of sp³-hybridized carbons (Fsp3) is 0.588. The molecule has 0 radical (unpaired) electrons. The third-order valence-electron chi connectivity index (χ3n) is 3.77. The van der Waals surface area contributed by atoms with Crippen molar-refractivity contribution in [2.45, 2.75) is 65.8 Å². The molecule has 0 bridgehead atoms. The van der Waals surface area contributed by atoms with Crippen molar-refractivity contribution in [3.63, 3.8) is 0 Å². The number of rotatable bonds is 5. The normalized spacial score (nSPS) is 13.4. The van der Waals surface area contributed by atoms with Gasteiger partial charge in [0.1, 0.15) is 0 Å². The number of thiazole rings is 1. The summed E-state index contributed by atoms with van der Waals surface area (Å²) in [5, 5.41) is 3.76. The Labute approximate surface area is 131 Å². The first kappa shape index (κ1) is 15.7. The molecule has 2 aromatic rings. The summed E-state index contributed by atoms with van der Waals surface area (Å²) in [6.45, 7) is 14.7. The van der Waals surface area contributed by atoms with E-state index in [-0.39, 0.29) is 0 Å². The smallest absolute Gasteiger partial charge is 0.192 e. The van der Waals surface area contributed by atoms with Crippen LogP contribution < -0.4 is 4.57 Å². The van der Waals surface area contributed by atoms with Crippen LogP contribution in [0.1, 0.15) is 72.7 Å². The lowest BCUT2D eigenvalue weighted by atomic mass is 10.0. The van der Waals surface area contributed by atoms with Crippen molar-refractivity contribution in [2.24, 2.45) is 0 Å². The van der Waals surface area contributed by atoms with Gasteiger partial charge >= 0.3 is 0 Å². The first-order valence-corrected chi connectivity index (χ1v) is 9.16. The predicted molar refractivity (Wildman–Crippen MR) is 90.2 cm³/mol. The molecule has 0 saturated heterocycles. The standard InChI is InChI=1S/C17H26NS2/c1-11(2)16-7-15(10-19-16)13(5)8-18-9-17(12(3)4)20-14(18)6/h7,9-13H,8H2,1-6H3/q+1. The largest absolute Gasteiger partial charge is 0.234 e. The lowest BCUT2D eigenvalue weighted by molar-refractivity contribution is -0.700. The van der Waals surface area contributed by atoms with Crippen LogP contribution in [-0.2, 0) is 6.54 Å². The molecule has 0 aliphatic heterocycles. The van der Waals surface area contributed by atoms with Crippen molar-refractivity contribution >= 4 is 22.7 Å². The van der Waals surface area contributed by atoms with Gasteiger partial charge in [0, 0.05) is 17.7 Å². The van der Waals surface area contributed by atoms with E-state index in [4.69, 9.17) is 0 Å². The van der Waals surface area contributed by atoms with E-state index in [1.807, 2.05) is 22.7 Å². The zero-order chi connectivity index (χ0) is 14.9. The predicted octanol–water partition coefficient (Wildman–Crippen LogP) is 5.46. The highest BCUT2D eigenvalue weighted by atomic mass is 32.1. The number of aryl methyl sites for hydroxylation is 1. The van der Waals surface area contributed by atoms with Crippen molar-refractivity contribution < 1.29 is 4.57 Å². The van der Waals surface area contributed by atoms with Crippen molar-refractivity contribution in [1.29, 1.82) is 0 Å². The quantitative estimate of drug-likeness (QED) is 0.646. The lowest BCUT2D eigenvalue weighted by Crippen LogP contribution is -2.36. The van der Waals surface area contributed by atoms with Crippen LogP contribution in [0.2, 0.25) is 0 Å². The maximum Gasteiger partial charge on any atom is 0.234 e. The molecule has 1 atom stereocenters. The number of hydrogen-bond donors (Lipinski definition) is 0. The second-order valence-electron chi connectivity index (χ2n) is 6.30. The van der Waals surface area contributed by atoms with Crippen molar-refractivity contribution in [1.82, 2.24) is 0 Å². The summed E-state index contributed by atoms with van der Waals surface area (Å²) in [5.74, 6) is 1.85. The van der Waals surface area contributed by atoms with Gasteiger partial charge in [-0.3, -0.25) is 0 Å². The molecule has 2 rings (SSSR count). The molecule has 0 aliphatic carbocycles. The third-order valence-corrected chi connectivity index (χ3v) is 6.36. The molecule has 0 saturated carbocycles. The van der Waals surface area contributed by atoms with Gasteiger partial charge in [-0.25, -0.2) is 0 Å². The summed E-state index contributed by atoms with van der Waals surface area (Å²) in [5.41, 5.74) is 1.49. The molecule has 2 aromatic heterocycles. The Balaban J connectivity index is 2.12. The molecule has 20 heavy (non-hydrogen) atoms. The Hall–Kier alpha value is -0.670. The van der Waals surface area contributed by atoms with Gasteiger partial charge in [-0.1, -0.05) is 46.0 Å². The topological polar surface area (TPSA) is 3.88 Å². The maximum absolute atomic E-state index is 2.43. The summed E-state index contributed by atoms with van der Waals surface area (Å²) < 4.78 is 2.43. The Morgan fingerprint density at radius 1 is 1.05 bits per heavy atom. The number of nitrogens with zero attached hydrogens (tertiary/aromatic N) is 1. The van der Waals surface area contributed by atoms with E-state index in [2.05, 4.69) is 63.8 Å². The van der Waals surface area contributed by atoms with Crippen LogP contribution in [0, 0.1) is 6.92 Å². The minimum absolute atomic E-state index is 0.581. The van der Waals surface area contributed by atoms with Gasteiger partial charge in [0.05, 0.1) is 4.88 Å². The number of hydrogen-bond acceptors (Lipinski definition) is 2. The zero-order valence-electron chi connectivity index (χ0n) is 13.4. The van der Waals surface area contributed by atoms with Crippen LogP contribution in [0.5, 0.6) is 0 Å². The molecule has 0 amide bonds. The Kier molecular flexibility index (Phi) is 5.03. The Bertz CT molecular complexity index is 563. The monoisotopic (exact) mass is 308 g/mol. The highest BCUT2D eigenvalue weighted by molar-refractivity contribution is 7.11. The minimum atomic E-state index is 0.581. The van der Waals surface area contributed by atoms with E-state index in [0.29, 0.717) is 17.8 Å². The fourth-order valence-corrected chi connectivity index (χ4v) is 4.33. The van der Waals surface area contributed by atoms with Gasteiger partial charge in [0.15, 0.2) is 12.7 Å². The van der Waals surface area contributed by atoms with Gasteiger partial charge in [-0.05, 0) is 28.8 Å². The molecule has 0 spiro atoms. The van der Waals surface area contributed by atoms with Crippen molar-refractivity contribution in [2.75, 3.05) is 0 Å². The third kappa shape index (κ3) is 3.50. The molecule has 110 valence electrons. The first-order chi connectivity index (χ1) is 9.38. The first-order valence-electron chi connectivity index (χ1n) is 7.46. The van der Waals surface area contributed by atoms with Crippen LogP contribution in [0.3, 0.4) is 0 Å². The van der Waals surface area contributed by atoms with Crippen molar-refractivity contribution in [3.05, 3.63) is 38.0 Å². The molecule has 2 heterocycles. The summed E-state index contributed by atoms with van der Waals surface area (Å²) in [4.78, 5) is 2.99. The molecular weight excluding hydrogens is 282 g/mol. The maximum atomic E-state index is 2.43. The molecule has 0 aliphatic rings. The highest BCUT2D eigenvalue weighted by Gasteiger charge is 2.20. The van der Waals surface area contributed by atoms with Crippen LogP contribution >= 0.6 is 22.7 Å². The summed E-state index contributed by atoms with van der Waals surface area (Å²) in [6, 6.07) is 2.39. The second kappa shape index (κ2) is 6.40. The Morgan fingerprint density at radius 3 is 2.20 bits per heavy atom. The van der Waals surface area contributed by atoms with E-state index in [1.54, 1.807) is 0 Å². The van der Waals surface area contributed by atoms with E-state index in [9.17, 15) is 0 Å². The second-order valence-corrected chi connectivity index (χ2v) is 8.51. The summed E-state index contributed by atoms with van der Waals surface area (Å²) >= 11 is 3.84. The van der Waals surface area contributed by atoms with E-state index >= 15 is 0 Å². The van der Waals surface area contributed by atoms with E-state index in [1.165, 1.54) is 20.3 Å². The van der Waals surface area contributed by atoms with Crippen LogP contribution in [0.25, 0.3) is 0 Å². The lowest BCUT2D eigenvalue weighted by Gasteiger charge is -2.05. The average molecular weight is 309 g/mol. The van der Waals surface area contributed by atoms with Gasteiger partial charge < -0.3 is 0 Å². The Morgan fingerprint density at radius 2 is 1.70 bits per heavy atom. The van der Waals surface area contributed by atoms with Crippen LogP contribution in [0.15, 0.2) is 17.6 Å². The van der Waals surface area contributed by atoms with Crippen LogP contribution in [0.4, 0.5) is 0 Å².